The van der Waals surface area contributed by atoms with Crippen molar-refractivity contribution in [2.45, 2.75) is 6.18 Å². The predicted octanol–water partition coefficient (Wildman–Crippen LogP) is 6.75. The van der Waals surface area contributed by atoms with Gasteiger partial charge in [0.05, 0.1) is 15.6 Å². The lowest BCUT2D eigenvalue weighted by Gasteiger charge is -2.15. The number of aldehydes is 1. The fraction of sp³-hybridized carbons (Fsp3) is 0.0556. The Bertz CT molecular complexity index is 1030. The minimum absolute atomic E-state index is 0.0000675. The van der Waals surface area contributed by atoms with Crippen molar-refractivity contribution in [2.24, 2.45) is 0 Å². The van der Waals surface area contributed by atoms with E-state index < -0.39 is 40.7 Å². The molecule has 28 heavy (non-hydrogen) atoms. The molecule has 0 saturated heterocycles. The number of furan rings is 1. The average molecular weight is 465 g/mol. The first-order valence-electron chi connectivity index (χ1n) is 7.39. The molecule has 0 bridgehead atoms. The number of hydrogen-bond acceptors (Lipinski definition) is 3. The smallest absolute Gasteiger partial charge is 0.416 e. The van der Waals surface area contributed by atoms with Gasteiger partial charge >= 0.3 is 6.18 Å². The van der Waals surface area contributed by atoms with Crippen LogP contribution < -0.4 is 4.74 Å². The summed E-state index contributed by atoms with van der Waals surface area (Å²) in [5.41, 5.74) is -1.55. The van der Waals surface area contributed by atoms with E-state index in [1.165, 1.54) is 12.1 Å². The quantitative estimate of drug-likeness (QED) is 0.316. The van der Waals surface area contributed by atoms with Gasteiger partial charge in [0.2, 0.25) is 0 Å². The van der Waals surface area contributed by atoms with Crippen LogP contribution in [0.5, 0.6) is 11.5 Å². The second-order valence-electron chi connectivity index (χ2n) is 5.43. The monoisotopic (exact) mass is 464 g/mol. The van der Waals surface area contributed by atoms with Crippen molar-refractivity contribution in [1.29, 1.82) is 0 Å². The van der Waals surface area contributed by atoms with Gasteiger partial charge in [-0.1, -0.05) is 0 Å². The summed E-state index contributed by atoms with van der Waals surface area (Å²) in [7, 11) is 0. The number of rotatable bonds is 4. The van der Waals surface area contributed by atoms with Crippen LogP contribution in [0.3, 0.4) is 0 Å². The standard InChI is InChI=1S/C18H7BrF6O3/c19-15-11(20)3-2-10(14-4-1-9(7-26)27-14)16(15)28-17-12(21)5-8(6-13(17)22)18(23,24)25/h1-7H. The first kappa shape index (κ1) is 20.0. The lowest BCUT2D eigenvalue weighted by Crippen LogP contribution is -2.07. The Balaban J connectivity index is 2.12. The number of ether oxygens (including phenoxy) is 1. The van der Waals surface area contributed by atoms with Crippen LogP contribution in [0.25, 0.3) is 11.3 Å². The Morgan fingerprint density at radius 2 is 1.57 bits per heavy atom. The van der Waals surface area contributed by atoms with E-state index >= 15 is 0 Å². The Labute approximate surface area is 161 Å². The average Bonchev–Trinajstić information content (AvgIpc) is 3.09. The van der Waals surface area contributed by atoms with Crippen molar-refractivity contribution in [3.05, 3.63) is 69.6 Å². The summed E-state index contributed by atoms with van der Waals surface area (Å²) in [5, 5.41) is 0. The third-order valence-corrected chi connectivity index (χ3v) is 4.33. The Kier molecular flexibility index (Phi) is 5.24. The summed E-state index contributed by atoms with van der Waals surface area (Å²) in [6.45, 7) is 0. The van der Waals surface area contributed by atoms with Crippen LogP contribution in [0.4, 0.5) is 26.3 Å². The van der Waals surface area contributed by atoms with E-state index in [4.69, 9.17) is 9.15 Å². The summed E-state index contributed by atoms with van der Waals surface area (Å²) in [5.74, 6) is -5.83. The van der Waals surface area contributed by atoms with Gasteiger partial charge in [0.1, 0.15) is 11.6 Å². The first-order valence-corrected chi connectivity index (χ1v) is 8.18. The van der Waals surface area contributed by atoms with Gasteiger partial charge in [0.25, 0.3) is 0 Å². The largest absolute Gasteiger partial charge is 0.453 e. The van der Waals surface area contributed by atoms with Crippen molar-refractivity contribution in [1.82, 2.24) is 0 Å². The molecule has 1 aromatic heterocycles. The lowest BCUT2D eigenvalue weighted by atomic mass is 10.1. The third-order valence-electron chi connectivity index (χ3n) is 3.59. The SMILES string of the molecule is O=Cc1ccc(-c2ccc(F)c(Br)c2Oc2c(F)cc(C(F)(F)F)cc2F)o1. The summed E-state index contributed by atoms with van der Waals surface area (Å²) in [4.78, 5) is 10.8. The summed E-state index contributed by atoms with van der Waals surface area (Å²) < 4.78 is 90.1. The number of halogens is 7. The van der Waals surface area contributed by atoms with Gasteiger partial charge in [-0.15, -0.1) is 0 Å². The molecule has 2 aromatic carbocycles. The molecule has 0 aliphatic carbocycles. The summed E-state index contributed by atoms with van der Waals surface area (Å²) in [6, 6.07) is 4.89. The van der Waals surface area contributed by atoms with E-state index in [-0.39, 0.29) is 33.7 Å². The van der Waals surface area contributed by atoms with E-state index in [0.29, 0.717) is 6.29 Å². The Hall–Kier alpha value is -2.75. The van der Waals surface area contributed by atoms with Gasteiger partial charge in [-0.2, -0.15) is 13.2 Å². The van der Waals surface area contributed by atoms with Crippen LogP contribution in [0.15, 0.2) is 45.3 Å². The Morgan fingerprint density at radius 3 is 2.11 bits per heavy atom. The number of carbonyl (C=O) groups excluding carboxylic acids is 1. The van der Waals surface area contributed by atoms with Crippen molar-refractivity contribution in [3.8, 4) is 22.8 Å². The van der Waals surface area contributed by atoms with Crippen LogP contribution in [-0.2, 0) is 6.18 Å². The number of hydrogen-bond donors (Lipinski definition) is 0. The van der Waals surface area contributed by atoms with Crippen LogP contribution >= 0.6 is 15.9 Å². The fourth-order valence-electron chi connectivity index (χ4n) is 2.31. The zero-order chi connectivity index (χ0) is 20.6. The number of carbonyl (C=O) groups is 1. The van der Waals surface area contributed by atoms with E-state index in [2.05, 4.69) is 15.9 Å². The van der Waals surface area contributed by atoms with Gasteiger partial charge in [-0.05, 0) is 52.3 Å². The third kappa shape index (κ3) is 3.77. The van der Waals surface area contributed by atoms with Gasteiger partial charge < -0.3 is 9.15 Å². The molecule has 146 valence electrons. The van der Waals surface area contributed by atoms with Gasteiger partial charge in [0.15, 0.2) is 35.2 Å². The van der Waals surface area contributed by atoms with E-state index in [0.717, 1.165) is 12.1 Å². The maximum Gasteiger partial charge on any atom is 0.416 e. The maximum atomic E-state index is 14.1. The van der Waals surface area contributed by atoms with Gasteiger partial charge in [-0.25, -0.2) is 13.2 Å². The van der Waals surface area contributed by atoms with Crippen molar-refractivity contribution in [2.75, 3.05) is 0 Å². The predicted molar refractivity (Wildman–Crippen MR) is 88.6 cm³/mol. The molecule has 0 aliphatic heterocycles. The molecule has 0 unspecified atom stereocenters. The summed E-state index contributed by atoms with van der Waals surface area (Å²) >= 11 is 2.87. The van der Waals surface area contributed by atoms with E-state index in [1.54, 1.807) is 0 Å². The maximum absolute atomic E-state index is 14.1. The highest BCUT2D eigenvalue weighted by atomic mass is 79.9. The van der Waals surface area contributed by atoms with Crippen LogP contribution in [-0.4, -0.2) is 6.29 Å². The van der Waals surface area contributed by atoms with E-state index in [9.17, 15) is 31.1 Å². The van der Waals surface area contributed by atoms with Gasteiger partial charge in [0, 0.05) is 0 Å². The topological polar surface area (TPSA) is 39.4 Å². The molecule has 0 N–H and O–H groups in total. The molecule has 0 fully saturated rings. The van der Waals surface area contributed by atoms with Crippen molar-refractivity contribution < 1.29 is 40.3 Å². The molecule has 1 heterocycles. The van der Waals surface area contributed by atoms with Crippen LogP contribution in [0, 0.1) is 17.5 Å². The molecular formula is C18H7BrF6O3. The van der Waals surface area contributed by atoms with E-state index in [1.807, 2.05) is 0 Å². The Morgan fingerprint density at radius 1 is 0.929 bits per heavy atom. The molecule has 3 aromatic rings. The van der Waals surface area contributed by atoms with Crippen molar-refractivity contribution >= 4 is 22.2 Å². The first-order chi connectivity index (χ1) is 13.1. The molecular weight excluding hydrogens is 458 g/mol. The summed E-state index contributed by atoms with van der Waals surface area (Å²) in [6.07, 6.45) is -4.57. The molecule has 0 saturated carbocycles. The zero-order valence-corrected chi connectivity index (χ0v) is 15.0. The second-order valence-corrected chi connectivity index (χ2v) is 6.22. The van der Waals surface area contributed by atoms with Crippen molar-refractivity contribution in [3.63, 3.8) is 0 Å². The van der Waals surface area contributed by atoms with Crippen LogP contribution in [0.2, 0.25) is 0 Å². The second kappa shape index (κ2) is 7.34. The minimum atomic E-state index is -4.97. The molecule has 3 rings (SSSR count). The number of benzene rings is 2. The highest BCUT2D eigenvalue weighted by Gasteiger charge is 2.33. The molecule has 10 heteroatoms. The lowest BCUT2D eigenvalue weighted by molar-refractivity contribution is -0.138. The highest BCUT2D eigenvalue weighted by Crippen LogP contribution is 2.43. The normalized spacial score (nSPS) is 11.5. The molecule has 0 aliphatic rings. The molecule has 0 spiro atoms. The zero-order valence-electron chi connectivity index (χ0n) is 13.4. The molecule has 0 amide bonds. The highest BCUT2D eigenvalue weighted by molar-refractivity contribution is 9.10. The minimum Gasteiger partial charge on any atom is -0.453 e. The fourth-order valence-corrected chi connectivity index (χ4v) is 2.74. The van der Waals surface area contributed by atoms with Crippen LogP contribution in [0.1, 0.15) is 16.1 Å². The number of alkyl halides is 3. The molecule has 0 radical (unpaired) electrons. The van der Waals surface area contributed by atoms with Gasteiger partial charge in [-0.3, -0.25) is 4.79 Å². The molecule has 0 atom stereocenters. The molecule has 3 nitrogen and oxygen atoms in total.